The number of hydrogen-bond donors (Lipinski definition) is 0. The molecule has 2 nitrogen and oxygen atoms in total. The number of rotatable bonds is 4. The molecule has 0 N–H and O–H groups in total. The smallest absolute Gasteiger partial charge is 0.242 e. The first-order valence-electron chi connectivity index (χ1n) is 7.17. The van der Waals surface area contributed by atoms with Crippen molar-refractivity contribution in [3.63, 3.8) is 0 Å². The molecule has 0 aliphatic carbocycles. The van der Waals surface area contributed by atoms with E-state index in [0.717, 1.165) is 22.0 Å². The zero-order valence-corrected chi connectivity index (χ0v) is 12.8. The van der Waals surface area contributed by atoms with Crippen molar-refractivity contribution in [1.29, 1.82) is 0 Å². The Labute approximate surface area is 134 Å². The summed E-state index contributed by atoms with van der Waals surface area (Å²) >= 11 is 5.82. The van der Waals surface area contributed by atoms with Crippen LogP contribution in [0, 0.1) is 0 Å². The average Bonchev–Trinajstić information content (AvgIpc) is 2.59. The van der Waals surface area contributed by atoms with Gasteiger partial charge in [-0.3, -0.25) is 4.79 Å². The lowest BCUT2D eigenvalue weighted by atomic mass is 10.1. The monoisotopic (exact) mass is 309 g/mol. The molecule has 22 heavy (non-hydrogen) atoms. The van der Waals surface area contributed by atoms with Gasteiger partial charge in [-0.05, 0) is 17.0 Å². The Morgan fingerprint density at radius 2 is 1.55 bits per heavy atom. The summed E-state index contributed by atoms with van der Waals surface area (Å²) in [4.78, 5) is 14.1. The predicted molar refractivity (Wildman–Crippen MR) is 92.3 cm³/mol. The van der Waals surface area contributed by atoms with Crippen molar-refractivity contribution in [1.82, 2.24) is 0 Å². The molecular weight excluding hydrogens is 294 g/mol. The quantitative estimate of drug-likeness (QED) is 0.644. The molecule has 0 aliphatic heterocycles. The van der Waals surface area contributed by atoms with E-state index >= 15 is 0 Å². The molecule has 0 spiro atoms. The molecule has 0 bridgehead atoms. The third-order valence-electron chi connectivity index (χ3n) is 3.66. The minimum absolute atomic E-state index is 0.0317. The van der Waals surface area contributed by atoms with Crippen molar-refractivity contribution in [3.05, 3.63) is 78.4 Å². The molecule has 0 aliphatic rings. The van der Waals surface area contributed by atoms with Gasteiger partial charge in [0.1, 0.15) is 5.88 Å². The highest BCUT2D eigenvalue weighted by atomic mass is 35.5. The van der Waals surface area contributed by atoms with E-state index < -0.39 is 0 Å². The largest absolute Gasteiger partial charge is 0.306 e. The number of fused-ring (bicyclic) bond motifs is 1. The van der Waals surface area contributed by atoms with Gasteiger partial charge in [0.25, 0.3) is 0 Å². The third kappa shape index (κ3) is 2.97. The van der Waals surface area contributed by atoms with Gasteiger partial charge in [-0.25, -0.2) is 0 Å². The molecule has 110 valence electrons. The number of alkyl halides is 1. The highest BCUT2D eigenvalue weighted by molar-refractivity contribution is 6.29. The molecule has 0 radical (unpaired) electrons. The number of nitrogens with zero attached hydrogens (tertiary/aromatic N) is 1. The second-order valence-corrected chi connectivity index (χ2v) is 5.36. The van der Waals surface area contributed by atoms with Crippen LogP contribution in [-0.4, -0.2) is 11.8 Å². The molecule has 3 aromatic carbocycles. The minimum atomic E-state index is -0.0955. The molecule has 0 heterocycles. The van der Waals surface area contributed by atoms with Crippen LogP contribution in [-0.2, 0) is 11.3 Å². The van der Waals surface area contributed by atoms with E-state index in [-0.39, 0.29) is 11.8 Å². The molecule has 0 atom stereocenters. The van der Waals surface area contributed by atoms with E-state index in [1.807, 2.05) is 72.8 Å². The first-order valence-corrected chi connectivity index (χ1v) is 7.71. The van der Waals surface area contributed by atoms with Crippen molar-refractivity contribution in [2.45, 2.75) is 6.54 Å². The van der Waals surface area contributed by atoms with Crippen LogP contribution < -0.4 is 4.90 Å². The molecule has 0 aromatic heterocycles. The highest BCUT2D eigenvalue weighted by Gasteiger charge is 2.17. The maximum absolute atomic E-state index is 12.4. The third-order valence-corrected chi connectivity index (χ3v) is 3.88. The topological polar surface area (TPSA) is 20.3 Å². The van der Waals surface area contributed by atoms with Crippen LogP contribution in [0.25, 0.3) is 10.8 Å². The van der Waals surface area contributed by atoms with Crippen LogP contribution in [0.15, 0.2) is 72.8 Å². The van der Waals surface area contributed by atoms with E-state index in [1.165, 1.54) is 0 Å². The van der Waals surface area contributed by atoms with Gasteiger partial charge in [-0.15, -0.1) is 11.6 Å². The molecule has 0 saturated heterocycles. The van der Waals surface area contributed by atoms with Crippen LogP contribution in [0.3, 0.4) is 0 Å². The van der Waals surface area contributed by atoms with E-state index in [2.05, 4.69) is 0 Å². The number of halogens is 1. The minimum Gasteiger partial charge on any atom is -0.306 e. The van der Waals surface area contributed by atoms with Gasteiger partial charge in [0.05, 0.1) is 12.2 Å². The number of amides is 1. The standard InChI is InChI=1S/C19H16ClNO/c20-13-19(22)21(14-15-7-2-1-3-8-15)18-12-6-10-16-9-4-5-11-17(16)18/h1-12H,13-14H2. The molecule has 0 saturated carbocycles. The second kappa shape index (κ2) is 6.63. The summed E-state index contributed by atoms with van der Waals surface area (Å²) in [6.07, 6.45) is 0. The second-order valence-electron chi connectivity index (χ2n) is 5.10. The summed E-state index contributed by atoms with van der Waals surface area (Å²) in [5, 5.41) is 2.17. The number of benzene rings is 3. The maximum Gasteiger partial charge on any atom is 0.242 e. The predicted octanol–water partition coefficient (Wildman–Crippen LogP) is 4.61. The van der Waals surface area contributed by atoms with Crippen molar-refractivity contribution >= 4 is 34.0 Å². The van der Waals surface area contributed by atoms with Crippen LogP contribution in [0.5, 0.6) is 0 Å². The van der Waals surface area contributed by atoms with Gasteiger partial charge >= 0.3 is 0 Å². The molecule has 3 rings (SSSR count). The van der Waals surface area contributed by atoms with E-state index in [1.54, 1.807) is 4.90 Å². The molecule has 3 heteroatoms. The summed E-state index contributed by atoms with van der Waals surface area (Å²) in [5.41, 5.74) is 1.97. The van der Waals surface area contributed by atoms with E-state index in [4.69, 9.17) is 11.6 Å². The fourth-order valence-electron chi connectivity index (χ4n) is 2.59. The first kappa shape index (κ1) is 14.6. The lowest BCUT2D eigenvalue weighted by molar-refractivity contribution is -0.116. The molecule has 3 aromatic rings. The summed E-state index contributed by atoms with van der Waals surface area (Å²) in [5.74, 6) is -0.127. The van der Waals surface area contributed by atoms with Crippen LogP contribution >= 0.6 is 11.6 Å². The lowest BCUT2D eigenvalue weighted by Gasteiger charge is -2.23. The Morgan fingerprint density at radius 3 is 2.32 bits per heavy atom. The van der Waals surface area contributed by atoms with Gasteiger partial charge in [0, 0.05) is 5.39 Å². The Kier molecular flexibility index (Phi) is 4.40. The van der Waals surface area contributed by atoms with Gasteiger partial charge in [-0.1, -0.05) is 66.7 Å². The lowest BCUT2D eigenvalue weighted by Crippen LogP contribution is -2.31. The molecule has 0 fully saturated rings. The van der Waals surface area contributed by atoms with Crippen molar-refractivity contribution in [3.8, 4) is 0 Å². The summed E-state index contributed by atoms with van der Waals surface area (Å²) < 4.78 is 0. The fourth-order valence-corrected chi connectivity index (χ4v) is 2.73. The van der Waals surface area contributed by atoms with Crippen molar-refractivity contribution < 1.29 is 4.79 Å². The zero-order chi connectivity index (χ0) is 15.4. The summed E-state index contributed by atoms with van der Waals surface area (Å²) in [7, 11) is 0. The molecular formula is C19H16ClNO. The Hall–Kier alpha value is -2.32. The fraction of sp³-hybridized carbons (Fsp3) is 0.105. The average molecular weight is 310 g/mol. The molecule has 1 amide bonds. The summed E-state index contributed by atoms with van der Waals surface area (Å²) in [6.45, 7) is 0.514. The van der Waals surface area contributed by atoms with Crippen molar-refractivity contribution in [2.24, 2.45) is 0 Å². The Bertz CT molecular complexity index is 780. The number of carbonyl (C=O) groups excluding carboxylic acids is 1. The SMILES string of the molecule is O=C(CCl)N(Cc1ccccc1)c1cccc2ccccc12. The maximum atomic E-state index is 12.4. The number of anilines is 1. The Balaban J connectivity index is 2.07. The number of hydrogen-bond acceptors (Lipinski definition) is 1. The van der Waals surface area contributed by atoms with E-state index in [9.17, 15) is 4.79 Å². The van der Waals surface area contributed by atoms with Gasteiger partial charge in [0.15, 0.2) is 0 Å². The van der Waals surface area contributed by atoms with E-state index in [0.29, 0.717) is 6.54 Å². The first-order chi connectivity index (χ1) is 10.8. The van der Waals surface area contributed by atoms with Crippen LogP contribution in [0.2, 0.25) is 0 Å². The van der Waals surface area contributed by atoms with Crippen LogP contribution in [0.1, 0.15) is 5.56 Å². The van der Waals surface area contributed by atoms with Gasteiger partial charge < -0.3 is 4.90 Å². The Morgan fingerprint density at radius 1 is 0.864 bits per heavy atom. The van der Waals surface area contributed by atoms with Crippen LogP contribution in [0.4, 0.5) is 5.69 Å². The highest BCUT2D eigenvalue weighted by Crippen LogP contribution is 2.28. The normalized spacial score (nSPS) is 10.6. The van der Waals surface area contributed by atoms with Gasteiger partial charge in [-0.2, -0.15) is 0 Å². The zero-order valence-electron chi connectivity index (χ0n) is 12.1. The summed E-state index contributed by atoms with van der Waals surface area (Å²) in [6, 6.07) is 24.0. The molecule has 0 unspecified atom stereocenters. The van der Waals surface area contributed by atoms with Gasteiger partial charge in [0.2, 0.25) is 5.91 Å². The number of carbonyl (C=O) groups is 1. The van der Waals surface area contributed by atoms with Crippen molar-refractivity contribution in [2.75, 3.05) is 10.8 Å².